The highest BCUT2D eigenvalue weighted by molar-refractivity contribution is 9.10. The maximum Gasteiger partial charge on any atom is 0.124 e. The Morgan fingerprint density at radius 2 is 2.15 bits per heavy atom. The number of nitrogens with zero attached hydrogens (tertiary/aromatic N) is 1. The SMILES string of the molecule is CC(C)N1CCCCC(CN)C1c1ccc(F)cc1Br. The summed E-state index contributed by atoms with van der Waals surface area (Å²) >= 11 is 3.53. The van der Waals surface area contributed by atoms with Crippen molar-refractivity contribution in [2.24, 2.45) is 11.7 Å². The molecule has 1 heterocycles. The van der Waals surface area contributed by atoms with Gasteiger partial charge >= 0.3 is 0 Å². The van der Waals surface area contributed by atoms with E-state index in [4.69, 9.17) is 5.73 Å². The van der Waals surface area contributed by atoms with Gasteiger partial charge in [0.15, 0.2) is 0 Å². The van der Waals surface area contributed by atoms with Crippen LogP contribution in [0.5, 0.6) is 0 Å². The quantitative estimate of drug-likeness (QED) is 0.895. The molecule has 1 aliphatic heterocycles. The van der Waals surface area contributed by atoms with Crippen LogP contribution < -0.4 is 5.73 Å². The van der Waals surface area contributed by atoms with Crippen LogP contribution >= 0.6 is 15.9 Å². The average molecular weight is 343 g/mol. The van der Waals surface area contributed by atoms with Crippen molar-refractivity contribution in [1.82, 2.24) is 4.90 Å². The lowest BCUT2D eigenvalue weighted by atomic mass is 9.88. The van der Waals surface area contributed by atoms with Crippen molar-refractivity contribution in [2.75, 3.05) is 13.1 Å². The van der Waals surface area contributed by atoms with E-state index in [-0.39, 0.29) is 11.9 Å². The first kappa shape index (κ1) is 15.9. The highest BCUT2D eigenvalue weighted by Gasteiger charge is 2.32. The normalized spacial score (nSPS) is 24.9. The Labute approximate surface area is 129 Å². The fourth-order valence-electron chi connectivity index (χ4n) is 3.27. The van der Waals surface area contributed by atoms with Gasteiger partial charge in [-0.15, -0.1) is 0 Å². The summed E-state index contributed by atoms with van der Waals surface area (Å²) in [5.41, 5.74) is 7.19. The molecule has 0 saturated carbocycles. The molecule has 2 nitrogen and oxygen atoms in total. The zero-order chi connectivity index (χ0) is 14.7. The third-order valence-electron chi connectivity index (χ3n) is 4.29. The second-order valence-electron chi connectivity index (χ2n) is 5.93. The largest absolute Gasteiger partial charge is 0.330 e. The van der Waals surface area contributed by atoms with Gasteiger partial charge in [-0.2, -0.15) is 0 Å². The van der Waals surface area contributed by atoms with Gasteiger partial charge < -0.3 is 5.73 Å². The van der Waals surface area contributed by atoms with Crippen LogP contribution in [0.4, 0.5) is 4.39 Å². The van der Waals surface area contributed by atoms with E-state index in [1.165, 1.54) is 12.8 Å². The standard InChI is InChI=1S/C16H24BrFN2/c1-11(2)20-8-4-3-5-12(10-19)16(20)14-7-6-13(18)9-15(14)17/h6-7,9,11-12,16H,3-5,8,10,19H2,1-2H3. The first-order valence-electron chi connectivity index (χ1n) is 7.45. The number of rotatable bonds is 3. The van der Waals surface area contributed by atoms with E-state index in [2.05, 4.69) is 34.7 Å². The summed E-state index contributed by atoms with van der Waals surface area (Å²) in [5.74, 6) is 0.233. The molecule has 0 radical (unpaired) electrons. The third kappa shape index (κ3) is 3.41. The van der Waals surface area contributed by atoms with Crippen molar-refractivity contribution in [2.45, 2.75) is 45.2 Å². The highest BCUT2D eigenvalue weighted by Crippen LogP contribution is 2.39. The monoisotopic (exact) mass is 342 g/mol. The molecule has 1 saturated heterocycles. The molecule has 2 N–H and O–H groups in total. The second-order valence-corrected chi connectivity index (χ2v) is 6.79. The highest BCUT2D eigenvalue weighted by atomic mass is 79.9. The minimum absolute atomic E-state index is 0.199. The summed E-state index contributed by atoms with van der Waals surface area (Å²) in [4.78, 5) is 2.52. The van der Waals surface area contributed by atoms with Gasteiger partial charge in [0.1, 0.15) is 5.82 Å². The van der Waals surface area contributed by atoms with Crippen molar-refractivity contribution >= 4 is 15.9 Å². The predicted molar refractivity (Wildman–Crippen MR) is 85.1 cm³/mol. The molecule has 1 aromatic carbocycles. The minimum atomic E-state index is -0.199. The molecular weight excluding hydrogens is 319 g/mol. The molecule has 2 atom stereocenters. The van der Waals surface area contributed by atoms with Crippen LogP contribution in [-0.4, -0.2) is 24.0 Å². The summed E-state index contributed by atoms with van der Waals surface area (Å²) in [6.45, 7) is 6.22. The molecule has 2 rings (SSSR count). The fraction of sp³-hybridized carbons (Fsp3) is 0.625. The molecule has 112 valence electrons. The van der Waals surface area contributed by atoms with Crippen molar-refractivity contribution in [3.8, 4) is 0 Å². The predicted octanol–water partition coefficient (Wildman–Crippen LogP) is 4.10. The van der Waals surface area contributed by atoms with Crippen LogP contribution in [0.15, 0.2) is 22.7 Å². The molecular formula is C16H24BrFN2. The lowest BCUT2D eigenvalue weighted by Crippen LogP contribution is -2.40. The molecule has 0 aromatic heterocycles. The van der Waals surface area contributed by atoms with E-state index in [1.54, 1.807) is 12.1 Å². The number of hydrogen-bond donors (Lipinski definition) is 1. The van der Waals surface area contributed by atoms with E-state index in [0.717, 1.165) is 23.0 Å². The van der Waals surface area contributed by atoms with E-state index >= 15 is 0 Å². The Hall–Kier alpha value is -0.450. The van der Waals surface area contributed by atoms with Crippen molar-refractivity contribution in [1.29, 1.82) is 0 Å². The third-order valence-corrected chi connectivity index (χ3v) is 4.98. The molecule has 0 amide bonds. The molecule has 0 bridgehead atoms. The Bertz CT molecular complexity index is 450. The second kappa shape index (κ2) is 7.01. The first-order valence-corrected chi connectivity index (χ1v) is 8.24. The zero-order valence-corrected chi connectivity index (χ0v) is 13.9. The molecule has 0 aliphatic carbocycles. The number of benzene rings is 1. The van der Waals surface area contributed by atoms with Gasteiger partial charge in [0, 0.05) is 16.6 Å². The van der Waals surface area contributed by atoms with E-state index in [9.17, 15) is 4.39 Å². The summed E-state index contributed by atoms with van der Waals surface area (Å²) in [7, 11) is 0. The number of likely N-dealkylation sites (tertiary alicyclic amines) is 1. The van der Waals surface area contributed by atoms with Crippen LogP contribution in [0.25, 0.3) is 0 Å². The van der Waals surface area contributed by atoms with Gasteiger partial charge in [-0.25, -0.2) is 4.39 Å². The van der Waals surface area contributed by atoms with E-state index < -0.39 is 0 Å². The van der Waals surface area contributed by atoms with E-state index in [1.807, 2.05) is 6.07 Å². The number of nitrogens with two attached hydrogens (primary N) is 1. The molecule has 1 aromatic rings. The average Bonchev–Trinajstić information content (AvgIpc) is 2.61. The van der Waals surface area contributed by atoms with Crippen molar-refractivity contribution in [3.63, 3.8) is 0 Å². The lowest BCUT2D eigenvalue weighted by Gasteiger charge is -2.38. The topological polar surface area (TPSA) is 29.3 Å². The van der Waals surface area contributed by atoms with Crippen LogP contribution in [-0.2, 0) is 0 Å². The fourth-order valence-corrected chi connectivity index (χ4v) is 3.85. The van der Waals surface area contributed by atoms with Gasteiger partial charge in [-0.1, -0.05) is 28.4 Å². The van der Waals surface area contributed by atoms with Crippen LogP contribution in [0.2, 0.25) is 0 Å². The Balaban J connectivity index is 2.43. The van der Waals surface area contributed by atoms with Crippen molar-refractivity contribution < 1.29 is 4.39 Å². The van der Waals surface area contributed by atoms with Gasteiger partial charge in [-0.05, 0) is 63.4 Å². The summed E-state index contributed by atoms with van der Waals surface area (Å²) < 4.78 is 14.2. The summed E-state index contributed by atoms with van der Waals surface area (Å²) in [6, 6.07) is 5.76. The summed E-state index contributed by atoms with van der Waals surface area (Å²) in [6.07, 6.45) is 3.58. The van der Waals surface area contributed by atoms with Crippen LogP contribution in [0, 0.1) is 11.7 Å². The molecule has 1 fully saturated rings. The molecule has 1 aliphatic rings. The first-order chi connectivity index (χ1) is 9.54. The van der Waals surface area contributed by atoms with Crippen molar-refractivity contribution in [3.05, 3.63) is 34.1 Å². The number of halogens is 2. The van der Waals surface area contributed by atoms with Gasteiger partial charge in [0.05, 0.1) is 0 Å². The molecule has 20 heavy (non-hydrogen) atoms. The van der Waals surface area contributed by atoms with Crippen LogP contribution in [0.3, 0.4) is 0 Å². The lowest BCUT2D eigenvalue weighted by molar-refractivity contribution is 0.121. The number of hydrogen-bond acceptors (Lipinski definition) is 2. The summed E-state index contributed by atoms with van der Waals surface area (Å²) in [5, 5.41) is 0. The molecule has 4 heteroatoms. The smallest absolute Gasteiger partial charge is 0.124 e. The minimum Gasteiger partial charge on any atom is -0.330 e. The Kier molecular flexibility index (Phi) is 5.58. The van der Waals surface area contributed by atoms with Gasteiger partial charge in [0.25, 0.3) is 0 Å². The Morgan fingerprint density at radius 1 is 1.40 bits per heavy atom. The molecule has 2 unspecified atom stereocenters. The maximum atomic E-state index is 13.4. The zero-order valence-electron chi connectivity index (χ0n) is 12.3. The Morgan fingerprint density at radius 3 is 2.75 bits per heavy atom. The maximum absolute atomic E-state index is 13.4. The van der Waals surface area contributed by atoms with Gasteiger partial charge in [0.2, 0.25) is 0 Å². The van der Waals surface area contributed by atoms with Crippen LogP contribution in [0.1, 0.15) is 44.7 Å². The van der Waals surface area contributed by atoms with E-state index in [0.29, 0.717) is 18.5 Å². The van der Waals surface area contributed by atoms with Gasteiger partial charge in [-0.3, -0.25) is 4.90 Å². The molecule has 0 spiro atoms.